The van der Waals surface area contributed by atoms with Crippen LogP contribution in [0.1, 0.15) is 0 Å². The van der Waals surface area contributed by atoms with E-state index in [1.807, 2.05) is 0 Å². The van der Waals surface area contributed by atoms with Gasteiger partial charge < -0.3 is 5.21 Å². The summed E-state index contributed by atoms with van der Waals surface area (Å²) in [6, 6.07) is 10.2. The highest BCUT2D eigenvalue weighted by molar-refractivity contribution is 7.89. The molecule has 0 saturated heterocycles. The van der Waals surface area contributed by atoms with Gasteiger partial charge in [0.15, 0.2) is 5.69 Å². The summed E-state index contributed by atoms with van der Waals surface area (Å²) in [5.74, 6) is -0.460. The van der Waals surface area contributed by atoms with E-state index < -0.39 is 15.8 Å². The quantitative estimate of drug-likeness (QED) is 0.511. The first-order valence-corrected chi connectivity index (χ1v) is 7.23. The third kappa shape index (κ3) is 3.97. The summed E-state index contributed by atoms with van der Waals surface area (Å²) in [6.07, 6.45) is 0. The minimum atomic E-state index is -3.76. The zero-order valence-corrected chi connectivity index (χ0v) is 11.4. The lowest BCUT2D eigenvalue weighted by molar-refractivity contribution is -0.439. The zero-order valence-electron chi connectivity index (χ0n) is 10.6. The number of anilines is 1. The smallest absolute Gasteiger partial charge is 0.238 e. The molecule has 0 saturated carbocycles. The van der Waals surface area contributed by atoms with Gasteiger partial charge in [0.05, 0.1) is 10.1 Å². The van der Waals surface area contributed by atoms with Crippen LogP contribution in [0.5, 0.6) is 0 Å². The van der Waals surface area contributed by atoms with Crippen LogP contribution in [-0.2, 0) is 10.0 Å². The van der Waals surface area contributed by atoms with Crippen LogP contribution >= 0.6 is 0 Å². The standard InChI is InChI=1S/C12H11FN4O3S/c13-9-1-5-11(6-2-9)17(18)16-15-10-3-7-12(8-4-10)21(14,19)20/h1-8,15H,(H2,14,19,20)/b17-16-. The summed E-state index contributed by atoms with van der Waals surface area (Å²) in [7, 11) is -3.76. The summed E-state index contributed by atoms with van der Waals surface area (Å²) in [4.78, 5) is 0.220. The molecule has 2 aromatic carbocycles. The van der Waals surface area contributed by atoms with E-state index in [0.717, 1.165) is 12.1 Å². The molecule has 0 radical (unpaired) electrons. The number of sulfonamides is 1. The topological polar surface area (TPSA) is 111 Å². The van der Waals surface area contributed by atoms with E-state index in [-0.39, 0.29) is 15.4 Å². The minimum absolute atomic E-state index is 0.0504. The first kappa shape index (κ1) is 14.9. The lowest BCUT2D eigenvalue weighted by atomic mass is 10.3. The van der Waals surface area contributed by atoms with E-state index >= 15 is 0 Å². The zero-order chi connectivity index (χ0) is 15.5. The summed E-state index contributed by atoms with van der Waals surface area (Å²) >= 11 is 0. The van der Waals surface area contributed by atoms with Gasteiger partial charge in [0.2, 0.25) is 10.0 Å². The highest BCUT2D eigenvalue weighted by Crippen LogP contribution is 2.15. The van der Waals surface area contributed by atoms with Crippen molar-refractivity contribution in [2.75, 3.05) is 5.43 Å². The van der Waals surface area contributed by atoms with E-state index in [0.29, 0.717) is 5.69 Å². The van der Waals surface area contributed by atoms with Gasteiger partial charge in [0.25, 0.3) is 0 Å². The Labute approximate surface area is 120 Å². The second-order valence-electron chi connectivity index (χ2n) is 4.03. The van der Waals surface area contributed by atoms with Gasteiger partial charge in [0.1, 0.15) is 11.5 Å². The Hall–Kier alpha value is -2.52. The van der Waals surface area contributed by atoms with Gasteiger partial charge in [-0.25, -0.2) is 17.9 Å². The number of hydrogen-bond acceptors (Lipinski definition) is 4. The van der Waals surface area contributed by atoms with Crippen molar-refractivity contribution in [3.8, 4) is 0 Å². The van der Waals surface area contributed by atoms with Gasteiger partial charge in [-0.15, -0.1) is 10.3 Å². The molecule has 0 heterocycles. The van der Waals surface area contributed by atoms with Gasteiger partial charge in [-0.05, 0) is 48.5 Å². The molecule has 3 N–H and O–H groups in total. The monoisotopic (exact) mass is 310 g/mol. The average Bonchev–Trinajstić information content (AvgIpc) is 2.45. The molecule has 2 aromatic rings. The van der Waals surface area contributed by atoms with Crippen molar-refractivity contribution in [1.82, 2.24) is 0 Å². The largest absolute Gasteiger partial charge is 0.691 e. The number of nitrogens with one attached hydrogen (secondary N) is 1. The van der Waals surface area contributed by atoms with Crippen LogP contribution in [0.4, 0.5) is 15.8 Å². The Morgan fingerprint density at radius 3 is 2.19 bits per heavy atom. The first-order chi connectivity index (χ1) is 9.86. The molecule has 0 aromatic heterocycles. The molecule has 2 rings (SSSR count). The second-order valence-corrected chi connectivity index (χ2v) is 5.59. The number of hydrogen-bond donors (Lipinski definition) is 2. The van der Waals surface area contributed by atoms with Crippen molar-refractivity contribution in [2.45, 2.75) is 4.90 Å². The molecule has 0 amide bonds. The molecule has 7 nitrogen and oxygen atoms in total. The van der Waals surface area contributed by atoms with Crippen molar-refractivity contribution in [1.29, 1.82) is 0 Å². The van der Waals surface area contributed by atoms with Gasteiger partial charge in [-0.3, -0.25) is 0 Å². The lowest BCUT2D eigenvalue weighted by Gasteiger charge is -2.05. The number of rotatable bonds is 4. The second kappa shape index (κ2) is 5.85. The maximum atomic E-state index is 12.7. The minimum Gasteiger partial charge on any atom is -0.691 e. The summed E-state index contributed by atoms with van der Waals surface area (Å²) < 4.78 is 34.8. The summed E-state index contributed by atoms with van der Waals surface area (Å²) in [6.45, 7) is 0. The van der Waals surface area contributed by atoms with Crippen molar-refractivity contribution in [3.63, 3.8) is 0 Å². The number of halogens is 1. The molecule has 0 fully saturated rings. The average molecular weight is 310 g/mol. The molecule has 0 unspecified atom stereocenters. The number of nitrogens with zero attached hydrogens (tertiary/aromatic N) is 2. The van der Waals surface area contributed by atoms with Gasteiger partial charge in [-0.1, -0.05) is 0 Å². The third-order valence-corrected chi connectivity index (χ3v) is 3.43. The van der Waals surface area contributed by atoms with Gasteiger partial charge in [-0.2, -0.15) is 0 Å². The van der Waals surface area contributed by atoms with Crippen LogP contribution in [0.2, 0.25) is 0 Å². The Morgan fingerprint density at radius 2 is 1.67 bits per heavy atom. The molecular formula is C12H11FN4O3S. The lowest BCUT2D eigenvalue weighted by Crippen LogP contribution is -2.11. The molecular weight excluding hydrogens is 299 g/mol. The van der Waals surface area contributed by atoms with Crippen LogP contribution in [0.3, 0.4) is 0 Å². The van der Waals surface area contributed by atoms with Crippen molar-refractivity contribution >= 4 is 21.4 Å². The highest BCUT2D eigenvalue weighted by Gasteiger charge is 2.07. The number of benzene rings is 2. The van der Waals surface area contributed by atoms with Crippen molar-refractivity contribution in [3.05, 3.63) is 59.6 Å². The third-order valence-electron chi connectivity index (χ3n) is 2.50. The molecule has 21 heavy (non-hydrogen) atoms. The normalized spacial score (nSPS) is 12.2. The van der Waals surface area contributed by atoms with Crippen molar-refractivity contribution in [2.24, 2.45) is 10.4 Å². The predicted octanol–water partition coefficient (Wildman–Crippen LogP) is 2.09. The summed E-state index contributed by atoms with van der Waals surface area (Å²) in [5.41, 5.74) is 2.98. The predicted molar refractivity (Wildman–Crippen MR) is 73.6 cm³/mol. The van der Waals surface area contributed by atoms with Crippen LogP contribution in [0.15, 0.2) is 58.6 Å². The Morgan fingerprint density at radius 1 is 1.10 bits per heavy atom. The van der Waals surface area contributed by atoms with E-state index in [1.165, 1.54) is 36.4 Å². The number of primary sulfonamides is 1. The molecule has 110 valence electrons. The fraction of sp³-hybridized carbons (Fsp3) is 0. The van der Waals surface area contributed by atoms with Crippen molar-refractivity contribution < 1.29 is 17.7 Å². The molecule has 0 aliphatic carbocycles. The SMILES string of the molecule is NS(=O)(=O)c1ccc(N/N=[N+](\[O-])c2ccc(F)cc2)cc1. The molecule has 0 bridgehead atoms. The molecule has 0 spiro atoms. The molecule has 0 atom stereocenters. The Bertz CT molecular complexity index is 758. The van der Waals surface area contributed by atoms with Crippen LogP contribution in [0.25, 0.3) is 0 Å². The maximum Gasteiger partial charge on any atom is 0.238 e. The number of nitrogens with two attached hydrogens (primary N) is 1. The Kier molecular flexibility index (Phi) is 4.15. The highest BCUT2D eigenvalue weighted by atomic mass is 32.2. The fourth-order valence-corrected chi connectivity index (χ4v) is 1.96. The van der Waals surface area contributed by atoms with Gasteiger partial charge >= 0.3 is 0 Å². The molecule has 0 aliphatic rings. The Balaban J connectivity index is 2.11. The summed E-state index contributed by atoms with van der Waals surface area (Å²) in [5, 5.41) is 20.1. The first-order valence-electron chi connectivity index (χ1n) is 5.68. The van der Waals surface area contributed by atoms with Crippen LogP contribution in [-0.4, -0.2) is 13.3 Å². The van der Waals surface area contributed by atoms with Gasteiger partial charge in [0, 0.05) is 0 Å². The van der Waals surface area contributed by atoms with Crippen LogP contribution < -0.4 is 10.6 Å². The van der Waals surface area contributed by atoms with E-state index in [9.17, 15) is 18.0 Å². The maximum absolute atomic E-state index is 12.7. The van der Waals surface area contributed by atoms with E-state index in [2.05, 4.69) is 10.6 Å². The van der Waals surface area contributed by atoms with E-state index in [1.54, 1.807) is 0 Å². The van der Waals surface area contributed by atoms with E-state index in [4.69, 9.17) is 5.14 Å². The fourth-order valence-electron chi connectivity index (χ4n) is 1.45. The van der Waals surface area contributed by atoms with Crippen LogP contribution in [0, 0.1) is 11.0 Å². The molecule has 0 aliphatic heterocycles. The molecule has 9 heteroatoms.